The van der Waals surface area contributed by atoms with E-state index >= 15 is 0 Å². The minimum Gasteiger partial charge on any atom is -0.324 e. The molecule has 0 heterocycles. The van der Waals surface area contributed by atoms with Crippen molar-refractivity contribution in [2.45, 2.75) is 38.1 Å². The first-order chi connectivity index (χ1) is 7.70. The molecule has 0 bridgehead atoms. The minimum absolute atomic E-state index is 0. The smallest absolute Gasteiger partial charge is 0.0468 e. The maximum Gasteiger partial charge on any atom is 0.0468 e. The van der Waals surface area contributed by atoms with Gasteiger partial charge in [-0.1, -0.05) is 48.5 Å². The van der Waals surface area contributed by atoms with Crippen molar-refractivity contribution in [1.29, 1.82) is 0 Å². The Labute approximate surface area is 119 Å². The van der Waals surface area contributed by atoms with Gasteiger partial charge in [0.25, 0.3) is 0 Å². The molecule has 96 valence electrons. The molecular formula is C13H18Cl3N. The van der Waals surface area contributed by atoms with Crippen molar-refractivity contribution in [2.24, 2.45) is 11.7 Å². The lowest BCUT2D eigenvalue weighted by atomic mass is 9.81. The molecule has 1 aromatic rings. The Morgan fingerprint density at radius 1 is 1.06 bits per heavy atom. The van der Waals surface area contributed by atoms with Crippen LogP contribution in [0.2, 0.25) is 10.0 Å². The second-order valence-corrected chi connectivity index (χ2v) is 5.37. The van der Waals surface area contributed by atoms with Gasteiger partial charge in [-0.25, -0.2) is 0 Å². The number of nitrogens with two attached hydrogens (primary N) is 1. The van der Waals surface area contributed by atoms with Crippen LogP contribution in [0, 0.1) is 5.92 Å². The zero-order valence-electron chi connectivity index (χ0n) is 9.66. The molecule has 0 unspecified atom stereocenters. The highest BCUT2D eigenvalue weighted by Gasteiger charge is 2.24. The van der Waals surface area contributed by atoms with Gasteiger partial charge in [0.05, 0.1) is 0 Å². The van der Waals surface area contributed by atoms with E-state index in [0.717, 1.165) is 5.56 Å². The fourth-order valence-corrected chi connectivity index (χ4v) is 3.21. The van der Waals surface area contributed by atoms with Crippen molar-refractivity contribution in [3.8, 4) is 0 Å². The Morgan fingerprint density at radius 3 is 2.12 bits per heavy atom. The van der Waals surface area contributed by atoms with E-state index in [1.54, 1.807) is 0 Å². The molecule has 0 spiro atoms. The zero-order chi connectivity index (χ0) is 11.5. The summed E-state index contributed by atoms with van der Waals surface area (Å²) < 4.78 is 0. The average Bonchev–Trinajstić information content (AvgIpc) is 2.30. The van der Waals surface area contributed by atoms with Crippen LogP contribution >= 0.6 is 35.6 Å². The van der Waals surface area contributed by atoms with Crippen LogP contribution in [0.5, 0.6) is 0 Å². The summed E-state index contributed by atoms with van der Waals surface area (Å²) in [7, 11) is 0. The maximum absolute atomic E-state index is 6.30. The van der Waals surface area contributed by atoms with Crippen LogP contribution in [0.3, 0.4) is 0 Å². The van der Waals surface area contributed by atoms with E-state index < -0.39 is 0 Å². The molecule has 0 aliphatic heterocycles. The zero-order valence-corrected chi connectivity index (χ0v) is 12.0. The molecule has 0 saturated heterocycles. The number of benzene rings is 1. The van der Waals surface area contributed by atoms with Crippen LogP contribution in [-0.4, -0.2) is 0 Å². The Morgan fingerprint density at radius 2 is 1.59 bits per heavy atom. The molecule has 1 saturated carbocycles. The van der Waals surface area contributed by atoms with Gasteiger partial charge >= 0.3 is 0 Å². The van der Waals surface area contributed by atoms with Crippen molar-refractivity contribution in [1.82, 2.24) is 0 Å². The lowest BCUT2D eigenvalue weighted by molar-refractivity contribution is 0.308. The summed E-state index contributed by atoms with van der Waals surface area (Å²) in [5.41, 5.74) is 7.23. The highest BCUT2D eigenvalue weighted by molar-refractivity contribution is 6.36. The van der Waals surface area contributed by atoms with E-state index in [4.69, 9.17) is 28.9 Å². The van der Waals surface area contributed by atoms with Crippen molar-refractivity contribution in [3.05, 3.63) is 33.8 Å². The van der Waals surface area contributed by atoms with E-state index in [9.17, 15) is 0 Å². The van der Waals surface area contributed by atoms with Crippen LogP contribution in [-0.2, 0) is 0 Å². The second kappa shape index (κ2) is 6.84. The summed E-state index contributed by atoms with van der Waals surface area (Å²) in [5.74, 6) is 0.533. The van der Waals surface area contributed by atoms with Gasteiger partial charge in [0.15, 0.2) is 0 Å². The lowest BCUT2D eigenvalue weighted by Crippen LogP contribution is -2.24. The number of rotatable bonds is 2. The van der Waals surface area contributed by atoms with Gasteiger partial charge in [0, 0.05) is 21.7 Å². The number of hydrogen-bond acceptors (Lipinski definition) is 1. The number of halogens is 3. The maximum atomic E-state index is 6.30. The predicted octanol–water partition coefficient (Wildman–Crippen LogP) is 5.00. The topological polar surface area (TPSA) is 26.0 Å². The van der Waals surface area contributed by atoms with Gasteiger partial charge in [-0.15, -0.1) is 12.4 Å². The van der Waals surface area contributed by atoms with Crippen molar-refractivity contribution in [2.75, 3.05) is 0 Å². The Hall–Kier alpha value is 0.0500. The van der Waals surface area contributed by atoms with E-state index in [-0.39, 0.29) is 18.4 Å². The summed E-state index contributed by atoms with van der Waals surface area (Å²) >= 11 is 12.4. The van der Waals surface area contributed by atoms with Crippen molar-refractivity contribution < 1.29 is 0 Å². The van der Waals surface area contributed by atoms with E-state index in [1.165, 1.54) is 32.1 Å². The molecular weight excluding hydrogens is 277 g/mol. The van der Waals surface area contributed by atoms with Crippen molar-refractivity contribution in [3.63, 3.8) is 0 Å². The third kappa shape index (κ3) is 3.51. The fourth-order valence-electron chi connectivity index (χ4n) is 2.56. The van der Waals surface area contributed by atoms with Crippen LogP contribution in [0.25, 0.3) is 0 Å². The SMILES string of the molecule is Cl.N[C@H](c1c(Cl)cccc1Cl)C1CCCCC1. The second-order valence-electron chi connectivity index (χ2n) is 4.56. The summed E-state index contributed by atoms with van der Waals surface area (Å²) in [6, 6.07) is 5.58. The molecule has 2 N–H and O–H groups in total. The summed E-state index contributed by atoms with van der Waals surface area (Å²) in [6.07, 6.45) is 6.28. The van der Waals surface area contributed by atoms with Gasteiger partial charge in [0.2, 0.25) is 0 Å². The third-order valence-corrected chi connectivity index (χ3v) is 4.15. The third-order valence-electron chi connectivity index (χ3n) is 3.49. The minimum atomic E-state index is -0.0125. The highest BCUT2D eigenvalue weighted by atomic mass is 35.5. The lowest BCUT2D eigenvalue weighted by Gasteiger charge is -2.28. The average molecular weight is 295 g/mol. The Bertz CT molecular complexity index is 341. The normalized spacial score (nSPS) is 18.5. The summed E-state index contributed by atoms with van der Waals surface area (Å²) in [5, 5.41) is 1.40. The predicted molar refractivity (Wildman–Crippen MR) is 77.2 cm³/mol. The van der Waals surface area contributed by atoms with Gasteiger partial charge in [-0.3, -0.25) is 0 Å². The van der Waals surface area contributed by atoms with Crippen LogP contribution in [0.1, 0.15) is 43.7 Å². The quantitative estimate of drug-likeness (QED) is 0.816. The molecule has 0 aromatic heterocycles. The fraction of sp³-hybridized carbons (Fsp3) is 0.538. The molecule has 1 aromatic carbocycles. The molecule has 1 aliphatic carbocycles. The first-order valence-corrected chi connectivity index (χ1v) is 6.65. The molecule has 1 nitrogen and oxygen atoms in total. The highest BCUT2D eigenvalue weighted by Crippen LogP contribution is 2.38. The monoisotopic (exact) mass is 293 g/mol. The Balaban J connectivity index is 0.00000144. The summed E-state index contributed by atoms with van der Waals surface area (Å²) in [4.78, 5) is 0. The largest absolute Gasteiger partial charge is 0.324 e. The molecule has 4 heteroatoms. The standard InChI is InChI=1S/C13H17Cl2N.ClH/c14-10-7-4-8-11(15)12(10)13(16)9-5-2-1-3-6-9;/h4,7-9,13H,1-3,5-6,16H2;1H/t13-;/m0./s1. The van der Waals surface area contributed by atoms with E-state index in [0.29, 0.717) is 16.0 Å². The first-order valence-electron chi connectivity index (χ1n) is 5.89. The molecule has 0 amide bonds. The molecule has 1 fully saturated rings. The van der Waals surface area contributed by atoms with Crippen LogP contribution in [0.15, 0.2) is 18.2 Å². The number of hydrogen-bond donors (Lipinski definition) is 1. The van der Waals surface area contributed by atoms with Gasteiger partial charge < -0.3 is 5.73 Å². The van der Waals surface area contributed by atoms with Crippen molar-refractivity contribution >= 4 is 35.6 Å². The molecule has 0 radical (unpaired) electrons. The van der Waals surface area contributed by atoms with Gasteiger partial charge in [0.1, 0.15) is 0 Å². The summed E-state index contributed by atoms with van der Waals surface area (Å²) in [6.45, 7) is 0. The Kier molecular flexibility index (Phi) is 6.08. The molecule has 1 aliphatic rings. The molecule has 1 atom stereocenters. The van der Waals surface area contributed by atoms with E-state index in [1.807, 2.05) is 18.2 Å². The van der Waals surface area contributed by atoms with Gasteiger partial charge in [-0.2, -0.15) is 0 Å². The first kappa shape index (κ1) is 15.1. The molecule has 2 rings (SSSR count). The van der Waals surface area contributed by atoms with Crippen LogP contribution < -0.4 is 5.73 Å². The van der Waals surface area contributed by atoms with E-state index in [2.05, 4.69) is 0 Å². The van der Waals surface area contributed by atoms with Gasteiger partial charge in [-0.05, 0) is 30.9 Å². The van der Waals surface area contributed by atoms with Crippen LogP contribution in [0.4, 0.5) is 0 Å². The molecule has 17 heavy (non-hydrogen) atoms.